The summed E-state index contributed by atoms with van der Waals surface area (Å²) >= 11 is 0. The van der Waals surface area contributed by atoms with Crippen LogP contribution in [0.4, 0.5) is 15.8 Å². The zero-order chi connectivity index (χ0) is 21.1. The number of nitrogens with one attached hydrogen (secondary N) is 1. The number of amides is 1. The molecular formula is C24H23FN2O3. The monoisotopic (exact) mass is 406 g/mol. The third-order valence-corrected chi connectivity index (χ3v) is 5.03. The molecule has 0 aliphatic carbocycles. The van der Waals surface area contributed by atoms with E-state index in [-0.39, 0.29) is 17.8 Å². The number of carbonyl (C=O) groups excluding carboxylic acids is 1. The van der Waals surface area contributed by atoms with Gasteiger partial charge in [-0.1, -0.05) is 12.1 Å². The van der Waals surface area contributed by atoms with Gasteiger partial charge in [-0.2, -0.15) is 0 Å². The van der Waals surface area contributed by atoms with Crippen LogP contribution in [0.15, 0.2) is 66.7 Å². The highest BCUT2D eigenvalue weighted by atomic mass is 19.1. The molecule has 30 heavy (non-hydrogen) atoms. The lowest BCUT2D eigenvalue weighted by Gasteiger charge is -2.33. The van der Waals surface area contributed by atoms with Gasteiger partial charge in [0.25, 0.3) is 5.91 Å². The maximum atomic E-state index is 13.0. The van der Waals surface area contributed by atoms with E-state index in [0.717, 1.165) is 23.5 Å². The molecule has 154 valence electrons. The van der Waals surface area contributed by atoms with Crippen molar-refractivity contribution in [3.63, 3.8) is 0 Å². The lowest BCUT2D eigenvalue weighted by atomic mass is 10.1. The number of anilines is 2. The Morgan fingerprint density at radius 1 is 1.17 bits per heavy atom. The van der Waals surface area contributed by atoms with Crippen LogP contribution in [0.5, 0.6) is 11.5 Å². The van der Waals surface area contributed by atoms with Gasteiger partial charge in [0.1, 0.15) is 30.0 Å². The van der Waals surface area contributed by atoms with E-state index < -0.39 is 0 Å². The molecule has 0 radical (unpaired) electrons. The van der Waals surface area contributed by atoms with Gasteiger partial charge in [-0.25, -0.2) is 4.39 Å². The Hall–Kier alpha value is -3.54. The third kappa shape index (κ3) is 4.38. The van der Waals surface area contributed by atoms with Crippen LogP contribution in [0.2, 0.25) is 0 Å². The van der Waals surface area contributed by atoms with E-state index in [9.17, 15) is 9.18 Å². The molecule has 1 aliphatic rings. The smallest absolute Gasteiger partial charge is 0.255 e. The Labute approximate surface area is 175 Å². The summed E-state index contributed by atoms with van der Waals surface area (Å²) in [6, 6.07) is 18.9. The fraction of sp³-hybridized carbons (Fsp3) is 0.208. The molecule has 0 fully saturated rings. The predicted octanol–water partition coefficient (Wildman–Crippen LogP) is 4.66. The van der Waals surface area contributed by atoms with Crippen molar-refractivity contribution in [2.75, 3.05) is 30.4 Å². The van der Waals surface area contributed by atoms with Crippen LogP contribution in [0.1, 0.15) is 15.9 Å². The van der Waals surface area contributed by atoms with Crippen molar-refractivity contribution in [1.29, 1.82) is 0 Å². The number of ether oxygens (including phenoxy) is 2. The minimum Gasteiger partial charge on any atom is -0.490 e. The van der Waals surface area contributed by atoms with Gasteiger partial charge in [0.2, 0.25) is 0 Å². The van der Waals surface area contributed by atoms with Gasteiger partial charge in [0, 0.05) is 18.3 Å². The zero-order valence-electron chi connectivity index (χ0n) is 16.9. The molecule has 1 N–H and O–H groups in total. The molecule has 6 heteroatoms. The summed E-state index contributed by atoms with van der Waals surface area (Å²) < 4.78 is 25.0. The molecule has 0 unspecified atom stereocenters. The molecule has 5 nitrogen and oxygen atoms in total. The molecule has 0 saturated heterocycles. The Balaban J connectivity index is 1.38. The average molecular weight is 406 g/mol. The maximum absolute atomic E-state index is 13.0. The van der Waals surface area contributed by atoms with E-state index in [1.54, 1.807) is 12.1 Å². The number of benzene rings is 3. The number of fused-ring (bicyclic) bond motifs is 1. The first-order valence-electron chi connectivity index (χ1n) is 9.77. The van der Waals surface area contributed by atoms with Gasteiger partial charge in [0.05, 0.1) is 12.2 Å². The fourth-order valence-corrected chi connectivity index (χ4v) is 3.48. The lowest BCUT2D eigenvalue weighted by Crippen LogP contribution is -2.41. The molecule has 1 atom stereocenters. The Morgan fingerprint density at radius 3 is 2.70 bits per heavy atom. The summed E-state index contributed by atoms with van der Waals surface area (Å²) in [6.07, 6.45) is -0.0911. The highest BCUT2D eigenvalue weighted by molar-refractivity contribution is 6.05. The van der Waals surface area contributed by atoms with Crippen molar-refractivity contribution in [3.8, 4) is 11.5 Å². The minimum atomic E-state index is -0.345. The van der Waals surface area contributed by atoms with E-state index in [2.05, 4.69) is 10.2 Å². The number of carbonyl (C=O) groups is 1. The lowest BCUT2D eigenvalue weighted by molar-refractivity contribution is 0.102. The average Bonchev–Trinajstić information content (AvgIpc) is 2.74. The zero-order valence-corrected chi connectivity index (χ0v) is 16.9. The number of para-hydroxylation sites is 2. The van der Waals surface area contributed by atoms with Gasteiger partial charge < -0.3 is 19.7 Å². The first-order chi connectivity index (χ1) is 14.5. The molecule has 1 aliphatic heterocycles. The fourth-order valence-electron chi connectivity index (χ4n) is 3.48. The summed E-state index contributed by atoms with van der Waals surface area (Å²) in [4.78, 5) is 14.7. The molecule has 0 aromatic heterocycles. The number of likely N-dealkylation sites (N-methyl/N-ethyl adjacent to an activating group) is 1. The molecule has 1 heterocycles. The molecule has 1 amide bonds. The molecule has 3 aromatic rings. The third-order valence-electron chi connectivity index (χ3n) is 5.03. The van der Waals surface area contributed by atoms with Gasteiger partial charge in [-0.15, -0.1) is 0 Å². The maximum Gasteiger partial charge on any atom is 0.255 e. The molecule has 3 aromatic carbocycles. The second-order valence-electron chi connectivity index (χ2n) is 7.34. The number of hydrogen-bond donors (Lipinski definition) is 1. The Morgan fingerprint density at radius 2 is 1.93 bits per heavy atom. The number of nitrogens with zero attached hydrogens (tertiary/aromatic N) is 1. The van der Waals surface area contributed by atoms with Crippen LogP contribution < -0.4 is 19.7 Å². The molecule has 0 bridgehead atoms. The second-order valence-corrected chi connectivity index (χ2v) is 7.34. The van der Waals surface area contributed by atoms with Gasteiger partial charge in [-0.3, -0.25) is 4.79 Å². The largest absolute Gasteiger partial charge is 0.490 e. The highest BCUT2D eigenvalue weighted by Crippen LogP contribution is 2.32. The van der Waals surface area contributed by atoms with E-state index in [1.807, 2.05) is 44.3 Å². The predicted molar refractivity (Wildman–Crippen MR) is 115 cm³/mol. The van der Waals surface area contributed by atoms with Crippen molar-refractivity contribution < 1.29 is 18.7 Å². The topological polar surface area (TPSA) is 50.8 Å². The number of aryl methyl sites for hydroxylation is 1. The number of rotatable bonds is 5. The van der Waals surface area contributed by atoms with Gasteiger partial charge >= 0.3 is 0 Å². The van der Waals surface area contributed by atoms with Crippen molar-refractivity contribution in [3.05, 3.63) is 83.7 Å². The second kappa shape index (κ2) is 8.45. The summed E-state index contributed by atoms with van der Waals surface area (Å²) in [7, 11) is 2.03. The van der Waals surface area contributed by atoms with E-state index >= 15 is 0 Å². The molecule has 4 rings (SSSR count). The Bertz CT molecular complexity index is 1050. The van der Waals surface area contributed by atoms with Crippen LogP contribution in [0.25, 0.3) is 0 Å². The standard InChI is InChI=1S/C24H23FN2O3/c1-16-13-19(11-12-21(16)24(28)26-18-9-7-17(25)8-10-18)29-15-20-14-27(2)22-5-3-4-6-23(22)30-20/h3-13,20H,14-15H2,1-2H3,(H,26,28)/t20-/m0/s1. The minimum absolute atomic E-state index is 0.0911. The van der Waals surface area contributed by atoms with Crippen LogP contribution in [0.3, 0.4) is 0 Å². The van der Waals surface area contributed by atoms with Crippen molar-refractivity contribution in [1.82, 2.24) is 0 Å². The summed E-state index contributed by atoms with van der Waals surface area (Å²) in [5.41, 5.74) is 2.94. The first kappa shape index (κ1) is 19.8. The summed E-state index contributed by atoms with van der Waals surface area (Å²) in [5.74, 6) is 0.932. The number of hydrogen-bond acceptors (Lipinski definition) is 4. The van der Waals surface area contributed by atoms with Gasteiger partial charge in [0.15, 0.2) is 0 Å². The van der Waals surface area contributed by atoms with Gasteiger partial charge in [-0.05, 0) is 67.1 Å². The highest BCUT2D eigenvalue weighted by Gasteiger charge is 2.23. The van der Waals surface area contributed by atoms with Crippen molar-refractivity contribution >= 4 is 17.3 Å². The molecule has 0 saturated carbocycles. The van der Waals surface area contributed by atoms with E-state index in [1.165, 1.54) is 24.3 Å². The van der Waals surface area contributed by atoms with Crippen molar-refractivity contribution in [2.24, 2.45) is 0 Å². The normalized spacial score (nSPS) is 15.2. The van der Waals surface area contributed by atoms with E-state index in [0.29, 0.717) is 23.6 Å². The van der Waals surface area contributed by atoms with Crippen LogP contribution in [0, 0.1) is 12.7 Å². The van der Waals surface area contributed by atoms with Crippen LogP contribution in [-0.4, -0.2) is 32.2 Å². The molecular weight excluding hydrogens is 383 g/mol. The van der Waals surface area contributed by atoms with E-state index in [4.69, 9.17) is 9.47 Å². The summed E-state index contributed by atoms with van der Waals surface area (Å²) in [5, 5.41) is 2.77. The Kier molecular flexibility index (Phi) is 5.57. The molecule has 0 spiro atoms. The van der Waals surface area contributed by atoms with Crippen molar-refractivity contribution in [2.45, 2.75) is 13.0 Å². The number of halogens is 1. The van der Waals surface area contributed by atoms with Crippen LogP contribution in [-0.2, 0) is 0 Å². The SMILES string of the molecule is Cc1cc(OC[C@@H]2CN(C)c3ccccc3O2)ccc1C(=O)Nc1ccc(F)cc1. The quantitative estimate of drug-likeness (QED) is 0.669. The van der Waals surface area contributed by atoms with Crippen LogP contribution >= 0.6 is 0 Å². The first-order valence-corrected chi connectivity index (χ1v) is 9.77. The summed E-state index contributed by atoms with van der Waals surface area (Å²) in [6.45, 7) is 2.99.